The smallest absolute Gasteiger partial charge is 0.244 e. The van der Waals surface area contributed by atoms with Crippen LogP contribution < -0.4 is 10.4 Å². The van der Waals surface area contributed by atoms with Gasteiger partial charge in [0.05, 0.1) is 18.2 Å². The van der Waals surface area contributed by atoms with E-state index in [9.17, 15) is 4.79 Å². The summed E-state index contributed by atoms with van der Waals surface area (Å²) >= 11 is 0. The molecule has 0 aliphatic carbocycles. The molecule has 1 fully saturated rings. The highest BCUT2D eigenvalue weighted by molar-refractivity contribution is 5.84. The maximum atomic E-state index is 11.7. The van der Waals surface area contributed by atoms with Crippen LogP contribution in [0.5, 0.6) is 0 Å². The molecule has 1 aliphatic rings. The van der Waals surface area contributed by atoms with E-state index in [-0.39, 0.29) is 11.8 Å². The first-order chi connectivity index (χ1) is 7.66. The Morgan fingerprint density at radius 1 is 1.38 bits per heavy atom. The van der Waals surface area contributed by atoms with E-state index in [2.05, 4.69) is 5.43 Å². The second-order valence-electron chi connectivity index (χ2n) is 4.38. The summed E-state index contributed by atoms with van der Waals surface area (Å²) in [7, 11) is 3.97. The van der Waals surface area contributed by atoms with Crippen LogP contribution in [-0.4, -0.2) is 38.0 Å². The third-order valence-corrected chi connectivity index (χ3v) is 2.67. The Labute approximate surface area is 95.8 Å². The molecule has 0 saturated carbocycles. The summed E-state index contributed by atoms with van der Waals surface area (Å²) in [6.07, 6.45) is 0. The first-order valence-corrected chi connectivity index (χ1v) is 5.44. The SMILES string of the molecule is CN(C)CC1CN(c2ccccc2)NC1=O. The van der Waals surface area contributed by atoms with Crippen LogP contribution in [-0.2, 0) is 4.79 Å². The number of rotatable bonds is 3. The van der Waals surface area contributed by atoms with E-state index in [4.69, 9.17) is 0 Å². The number of carbonyl (C=O) groups excluding carboxylic acids is 1. The number of hydrogen-bond donors (Lipinski definition) is 1. The van der Waals surface area contributed by atoms with E-state index in [1.165, 1.54) is 0 Å². The number of nitrogens with zero attached hydrogens (tertiary/aromatic N) is 2. The highest BCUT2D eigenvalue weighted by Gasteiger charge is 2.30. The Bertz CT molecular complexity index is 364. The molecule has 1 amide bonds. The third kappa shape index (κ3) is 2.33. The molecule has 0 radical (unpaired) electrons. The summed E-state index contributed by atoms with van der Waals surface area (Å²) in [4.78, 5) is 13.8. The van der Waals surface area contributed by atoms with Crippen molar-refractivity contribution in [3.05, 3.63) is 30.3 Å². The van der Waals surface area contributed by atoms with Gasteiger partial charge in [-0.15, -0.1) is 0 Å². The van der Waals surface area contributed by atoms with Gasteiger partial charge in [0.2, 0.25) is 5.91 Å². The minimum absolute atomic E-state index is 0.0511. The van der Waals surface area contributed by atoms with E-state index in [0.717, 1.165) is 18.8 Å². The van der Waals surface area contributed by atoms with E-state index in [1.807, 2.05) is 54.3 Å². The van der Waals surface area contributed by atoms with Crippen molar-refractivity contribution in [2.45, 2.75) is 0 Å². The van der Waals surface area contributed by atoms with E-state index in [1.54, 1.807) is 0 Å². The molecule has 4 heteroatoms. The van der Waals surface area contributed by atoms with Gasteiger partial charge in [0.1, 0.15) is 0 Å². The maximum Gasteiger partial charge on any atom is 0.244 e. The predicted molar refractivity (Wildman–Crippen MR) is 64.0 cm³/mol. The Morgan fingerprint density at radius 2 is 2.06 bits per heavy atom. The molecule has 1 atom stereocenters. The van der Waals surface area contributed by atoms with Gasteiger partial charge in [-0.1, -0.05) is 18.2 Å². The van der Waals surface area contributed by atoms with E-state index >= 15 is 0 Å². The van der Waals surface area contributed by atoms with Gasteiger partial charge in [-0.05, 0) is 26.2 Å². The molecule has 1 unspecified atom stereocenters. The third-order valence-electron chi connectivity index (χ3n) is 2.67. The molecule has 1 saturated heterocycles. The average Bonchev–Trinajstić information content (AvgIpc) is 2.61. The standard InChI is InChI=1S/C12H17N3O/c1-14(2)8-10-9-15(13-12(10)16)11-6-4-3-5-7-11/h3-7,10H,8-9H2,1-2H3,(H,13,16). The second kappa shape index (κ2) is 4.53. The zero-order valence-electron chi connectivity index (χ0n) is 9.68. The number of carbonyl (C=O) groups is 1. The number of amides is 1. The van der Waals surface area contributed by atoms with Crippen LogP contribution in [0, 0.1) is 5.92 Å². The van der Waals surface area contributed by atoms with Crippen molar-refractivity contribution < 1.29 is 4.79 Å². The van der Waals surface area contributed by atoms with Crippen molar-refractivity contribution in [2.24, 2.45) is 5.92 Å². The summed E-state index contributed by atoms with van der Waals surface area (Å²) in [6, 6.07) is 9.91. The lowest BCUT2D eigenvalue weighted by atomic mass is 10.1. The van der Waals surface area contributed by atoms with Gasteiger partial charge in [0.25, 0.3) is 0 Å². The molecule has 1 aromatic carbocycles. The fourth-order valence-electron chi connectivity index (χ4n) is 1.93. The molecule has 4 nitrogen and oxygen atoms in total. The Hall–Kier alpha value is -1.55. The minimum Gasteiger partial charge on any atom is -0.309 e. The van der Waals surface area contributed by atoms with Crippen molar-refractivity contribution in [2.75, 3.05) is 32.2 Å². The molecule has 1 aromatic rings. The fourth-order valence-corrected chi connectivity index (χ4v) is 1.93. The Balaban J connectivity index is 2.04. The lowest BCUT2D eigenvalue weighted by molar-refractivity contribution is -0.122. The van der Waals surface area contributed by atoms with Gasteiger partial charge < -0.3 is 4.90 Å². The van der Waals surface area contributed by atoms with Crippen LogP contribution in [0.4, 0.5) is 5.69 Å². The van der Waals surface area contributed by atoms with Gasteiger partial charge in [-0.25, -0.2) is 0 Å². The van der Waals surface area contributed by atoms with E-state index in [0.29, 0.717) is 0 Å². The summed E-state index contributed by atoms with van der Waals surface area (Å²) in [5.41, 5.74) is 3.93. The number of para-hydroxylation sites is 1. The van der Waals surface area contributed by atoms with Crippen LogP contribution in [0.2, 0.25) is 0 Å². The Kier molecular flexibility index (Phi) is 3.10. The molecule has 0 aromatic heterocycles. The molecule has 1 aliphatic heterocycles. The lowest BCUT2D eigenvalue weighted by Crippen LogP contribution is -2.33. The van der Waals surface area contributed by atoms with Gasteiger partial charge in [0, 0.05) is 6.54 Å². The molecule has 0 bridgehead atoms. The summed E-state index contributed by atoms with van der Waals surface area (Å²) in [6.45, 7) is 1.52. The van der Waals surface area contributed by atoms with Crippen molar-refractivity contribution in [1.82, 2.24) is 10.3 Å². The number of benzene rings is 1. The molecular weight excluding hydrogens is 202 g/mol. The number of anilines is 1. The Morgan fingerprint density at radius 3 is 2.69 bits per heavy atom. The topological polar surface area (TPSA) is 35.6 Å². The van der Waals surface area contributed by atoms with Gasteiger partial charge in [0.15, 0.2) is 0 Å². The molecule has 0 spiro atoms. The van der Waals surface area contributed by atoms with Gasteiger partial charge in [-0.3, -0.25) is 15.2 Å². The maximum absolute atomic E-state index is 11.7. The molecule has 2 rings (SSSR count). The zero-order chi connectivity index (χ0) is 11.5. The average molecular weight is 219 g/mol. The number of nitrogens with one attached hydrogen (secondary N) is 1. The van der Waals surface area contributed by atoms with Gasteiger partial charge in [-0.2, -0.15) is 0 Å². The van der Waals surface area contributed by atoms with Gasteiger partial charge >= 0.3 is 0 Å². The largest absolute Gasteiger partial charge is 0.309 e. The monoisotopic (exact) mass is 219 g/mol. The van der Waals surface area contributed by atoms with Crippen molar-refractivity contribution in [1.29, 1.82) is 0 Å². The van der Waals surface area contributed by atoms with Crippen LogP contribution in [0.25, 0.3) is 0 Å². The molecule has 1 N–H and O–H groups in total. The lowest BCUT2D eigenvalue weighted by Gasteiger charge is -2.17. The quantitative estimate of drug-likeness (QED) is 0.813. The molecule has 1 heterocycles. The zero-order valence-corrected chi connectivity index (χ0v) is 9.68. The van der Waals surface area contributed by atoms with Crippen molar-refractivity contribution in [3.63, 3.8) is 0 Å². The molecule has 16 heavy (non-hydrogen) atoms. The summed E-state index contributed by atoms with van der Waals surface area (Å²) in [5, 5.41) is 1.91. The number of hydrazine groups is 1. The highest BCUT2D eigenvalue weighted by atomic mass is 16.2. The second-order valence-corrected chi connectivity index (χ2v) is 4.38. The normalized spacial score (nSPS) is 20.3. The fraction of sp³-hybridized carbons (Fsp3) is 0.417. The predicted octanol–water partition coefficient (Wildman–Crippen LogP) is 0.716. The number of hydrogen-bond acceptors (Lipinski definition) is 3. The highest BCUT2D eigenvalue weighted by Crippen LogP contribution is 2.18. The minimum atomic E-state index is 0.0511. The van der Waals surface area contributed by atoms with Crippen molar-refractivity contribution in [3.8, 4) is 0 Å². The van der Waals surface area contributed by atoms with Crippen LogP contribution >= 0.6 is 0 Å². The summed E-state index contributed by atoms with van der Waals surface area (Å²) < 4.78 is 0. The first kappa shape index (κ1) is 11.0. The van der Waals surface area contributed by atoms with Crippen LogP contribution in [0.1, 0.15) is 0 Å². The summed E-state index contributed by atoms with van der Waals surface area (Å²) in [5.74, 6) is 0.160. The van der Waals surface area contributed by atoms with E-state index < -0.39 is 0 Å². The van der Waals surface area contributed by atoms with Crippen LogP contribution in [0.15, 0.2) is 30.3 Å². The van der Waals surface area contributed by atoms with Crippen molar-refractivity contribution >= 4 is 11.6 Å². The molecule has 86 valence electrons. The molecular formula is C12H17N3O. The first-order valence-electron chi connectivity index (χ1n) is 5.44. The van der Waals surface area contributed by atoms with Crippen LogP contribution in [0.3, 0.4) is 0 Å².